The van der Waals surface area contributed by atoms with Crippen LogP contribution in [0.5, 0.6) is 0 Å². The van der Waals surface area contributed by atoms with Crippen molar-refractivity contribution in [3.63, 3.8) is 0 Å². The second-order valence-corrected chi connectivity index (χ2v) is 15.8. The molecule has 0 fully saturated rings. The Balaban J connectivity index is 0.746. The lowest BCUT2D eigenvalue weighted by Crippen LogP contribution is -2.18. The lowest BCUT2D eigenvalue weighted by molar-refractivity contribution is -0.117. The summed E-state index contributed by atoms with van der Waals surface area (Å²) in [6, 6.07) is 46.8. The SMILES string of the molecule is C#Cc1cc(C(=O)Nc2cccc(NC(=O)CCCOC3c4ccccc4-c4ccccc43)n2)cc(C(=O)Nc2cccc(NC(=O)CCCOC3c4ccccc4-c4ccccc43)n2)c1. The number of ether oxygens (including phenoxy) is 2. The van der Waals surface area contributed by atoms with E-state index >= 15 is 0 Å². The van der Waals surface area contributed by atoms with Crippen LogP contribution in [0.2, 0.25) is 0 Å². The number of rotatable bonds is 16. The minimum Gasteiger partial charge on any atom is -0.369 e. The Bertz CT molecular complexity index is 2750. The van der Waals surface area contributed by atoms with Crippen LogP contribution in [-0.4, -0.2) is 46.8 Å². The number of carbonyl (C=O) groups excluding carboxylic acids is 4. The molecule has 4 amide bonds. The van der Waals surface area contributed by atoms with Gasteiger partial charge in [0.25, 0.3) is 11.8 Å². The molecule has 9 rings (SSSR count). The van der Waals surface area contributed by atoms with Crippen molar-refractivity contribution in [1.29, 1.82) is 0 Å². The number of terminal acetylenes is 1. The summed E-state index contributed by atoms with van der Waals surface area (Å²) in [7, 11) is 0. The second kappa shape index (κ2) is 19.7. The third kappa shape index (κ3) is 9.63. The average molecular weight is 873 g/mol. The topological polar surface area (TPSA) is 161 Å². The molecule has 326 valence electrons. The maximum atomic E-state index is 13.5. The first kappa shape index (κ1) is 43.0. The highest BCUT2D eigenvalue weighted by Gasteiger charge is 2.30. The minimum atomic E-state index is -0.574. The molecule has 5 aromatic carbocycles. The summed E-state index contributed by atoms with van der Waals surface area (Å²) < 4.78 is 12.6. The standard InChI is InChI=1S/C54H44N6O6/c1-2-34-31-35(53(63)59-47-25-11-23-45(55-47)57-49(61)27-13-29-65-51-41-19-7-3-15-37(41)38-16-4-8-20-42(38)51)33-36(32-34)54(64)60-48-26-12-24-46(56-48)58-50(62)28-14-30-66-52-43-21-9-5-17-39(43)40-18-6-10-22-44(40)52/h1,3-12,15-26,31-33,51-52H,13-14,27-30H2,(H2,55,57,59,61,63)(H2,56,58,60,62,64). The van der Waals surface area contributed by atoms with Crippen LogP contribution in [0, 0.1) is 12.3 Å². The van der Waals surface area contributed by atoms with Gasteiger partial charge in [-0.05, 0) is 99.8 Å². The van der Waals surface area contributed by atoms with Crippen molar-refractivity contribution in [3.05, 3.63) is 191 Å². The Morgan fingerprint density at radius 1 is 0.470 bits per heavy atom. The molecule has 4 N–H and O–H groups in total. The van der Waals surface area contributed by atoms with Crippen LogP contribution in [-0.2, 0) is 19.1 Å². The number of aromatic nitrogens is 2. The highest BCUT2D eigenvalue weighted by molar-refractivity contribution is 6.09. The molecule has 0 radical (unpaired) electrons. The van der Waals surface area contributed by atoms with Gasteiger partial charge in [0.15, 0.2) is 0 Å². The van der Waals surface area contributed by atoms with Crippen LogP contribution in [0.1, 0.15) is 86.4 Å². The number of nitrogens with zero attached hydrogens (tertiary/aromatic N) is 2. The van der Waals surface area contributed by atoms with Crippen molar-refractivity contribution < 1.29 is 28.7 Å². The summed E-state index contributed by atoms with van der Waals surface area (Å²) in [6.07, 6.45) is 6.74. The number of hydrogen-bond acceptors (Lipinski definition) is 8. The average Bonchev–Trinajstić information content (AvgIpc) is 3.83. The zero-order valence-electron chi connectivity index (χ0n) is 35.8. The second-order valence-electron chi connectivity index (χ2n) is 15.8. The monoisotopic (exact) mass is 872 g/mol. The summed E-state index contributed by atoms with van der Waals surface area (Å²) in [4.78, 5) is 61.5. The Morgan fingerprint density at radius 3 is 1.18 bits per heavy atom. The molecule has 2 heterocycles. The van der Waals surface area contributed by atoms with Gasteiger partial charge < -0.3 is 30.7 Å². The molecule has 0 bridgehead atoms. The van der Waals surface area contributed by atoms with Gasteiger partial charge in [-0.3, -0.25) is 19.2 Å². The maximum Gasteiger partial charge on any atom is 0.256 e. The van der Waals surface area contributed by atoms with Gasteiger partial charge in [0.2, 0.25) is 11.8 Å². The lowest BCUT2D eigenvalue weighted by atomic mass is 10.0. The van der Waals surface area contributed by atoms with Gasteiger partial charge in [-0.15, -0.1) is 6.42 Å². The van der Waals surface area contributed by atoms with E-state index in [1.807, 2.05) is 48.5 Å². The first-order chi connectivity index (χ1) is 32.3. The van der Waals surface area contributed by atoms with Crippen LogP contribution in [0.3, 0.4) is 0 Å². The zero-order valence-corrected chi connectivity index (χ0v) is 35.8. The number of amides is 4. The fourth-order valence-corrected chi connectivity index (χ4v) is 8.35. The van der Waals surface area contributed by atoms with Gasteiger partial charge >= 0.3 is 0 Å². The third-order valence-corrected chi connectivity index (χ3v) is 11.4. The third-order valence-electron chi connectivity index (χ3n) is 11.4. The molecule has 0 aliphatic heterocycles. The predicted octanol–water partition coefficient (Wildman–Crippen LogP) is 9.97. The zero-order chi connectivity index (χ0) is 45.4. The van der Waals surface area contributed by atoms with E-state index in [1.165, 1.54) is 18.2 Å². The van der Waals surface area contributed by atoms with Gasteiger partial charge in [-0.2, -0.15) is 0 Å². The number of carbonyl (C=O) groups is 4. The highest BCUT2D eigenvalue weighted by atomic mass is 16.5. The van der Waals surface area contributed by atoms with Crippen LogP contribution in [0.25, 0.3) is 22.3 Å². The molecule has 66 heavy (non-hydrogen) atoms. The summed E-state index contributed by atoms with van der Waals surface area (Å²) in [5.41, 5.74) is 9.63. The molecule has 0 unspecified atom stereocenters. The molecule has 0 atom stereocenters. The number of nitrogens with one attached hydrogen (secondary N) is 4. The van der Waals surface area contributed by atoms with E-state index in [9.17, 15) is 19.2 Å². The molecule has 2 aliphatic rings. The van der Waals surface area contributed by atoms with Crippen molar-refractivity contribution in [3.8, 4) is 34.6 Å². The van der Waals surface area contributed by atoms with Gasteiger partial charge in [-0.1, -0.05) is 115 Å². The van der Waals surface area contributed by atoms with E-state index in [0.717, 1.165) is 44.5 Å². The van der Waals surface area contributed by atoms with E-state index in [1.54, 1.807) is 36.4 Å². The number of benzene rings is 5. The number of fused-ring (bicyclic) bond motifs is 6. The van der Waals surface area contributed by atoms with Crippen molar-refractivity contribution >= 4 is 46.9 Å². The van der Waals surface area contributed by atoms with E-state index in [-0.39, 0.29) is 71.3 Å². The number of pyridine rings is 2. The number of anilines is 4. The Kier molecular flexibility index (Phi) is 12.8. The van der Waals surface area contributed by atoms with Gasteiger partial charge in [0, 0.05) is 42.7 Å². The summed E-state index contributed by atoms with van der Waals surface area (Å²) >= 11 is 0. The predicted molar refractivity (Wildman–Crippen MR) is 254 cm³/mol. The first-order valence-corrected chi connectivity index (χ1v) is 21.7. The molecule has 7 aromatic rings. The molecule has 2 aliphatic carbocycles. The van der Waals surface area contributed by atoms with Crippen LogP contribution in [0.4, 0.5) is 23.3 Å². The summed E-state index contributed by atoms with van der Waals surface area (Å²) in [5, 5.41) is 11.0. The van der Waals surface area contributed by atoms with Crippen molar-refractivity contribution in [1.82, 2.24) is 9.97 Å². The molecule has 0 saturated carbocycles. The normalized spacial score (nSPS) is 12.2. The highest BCUT2D eigenvalue weighted by Crippen LogP contribution is 2.46. The maximum absolute atomic E-state index is 13.5. The summed E-state index contributed by atoms with van der Waals surface area (Å²) in [6.45, 7) is 0.763. The fraction of sp³-hybridized carbons (Fsp3) is 0.148. The summed E-state index contributed by atoms with van der Waals surface area (Å²) in [5.74, 6) is 1.72. The van der Waals surface area contributed by atoms with Gasteiger partial charge in [0.1, 0.15) is 35.5 Å². The molecule has 0 spiro atoms. The van der Waals surface area contributed by atoms with E-state index in [0.29, 0.717) is 31.6 Å². The Labute approximate surface area is 381 Å². The van der Waals surface area contributed by atoms with Crippen LogP contribution in [0.15, 0.2) is 152 Å². The minimum absolute atomic E-state index is 0.110. The van der Waals surface area contributed by atoms with Gasteiger partial charge in [-0.25, -0.2) is 9.97 Å². The molecule has 12 heteroatoms. The smallest absolute Gasteiger partial charge is 0.256 e. The van der Waals surface area contributed by atoms with Crippen molar-refractivity contribution in [2.45, 2.75) is 37.9 Å². The lowest BCUT2D eigenvalue weighted by Gasteiger charge is -2.15. The molecule has 2 aromatic heterocycles. The van der Waals surface area contributed by atoms with E-state index in [2.05, 4.69) is 85.7 Å². The molecular formula is C54H44N6O6. The fourth-order valence-electron chi connectivity index (χ4n) is 8.35. The molecular weight excluding hydrogens is 829 g/mol. The van der Waals surface area contributed by atoms with Crippen LogP contribution >= 0.6 is 0 Å². The Hall–Kier alpha value is -8.24. The van der Waals surface area contributed by atoms with E-state index in [4.69, 9.17) is 15.9 Å². The Morgan fingerprint density at radius 2 is 0.818 bits per heavy atom. The van der Waals surface area contributed by atoms with Crippen molar-refractivity contribution in [2.24, 2.45) is 0 Å². The number of hydrogen-bond donors (Lipinski definition) is 4. The van der Waals surface area contributed by atoms with E-state index < -0.39 is 11.8 Å². The largest absolute Gasteiger partial charge is 0.369 e. The van der Waals surface area contributed by atoms with Gasteiger partial charge in [0.05, 0.1) is 0 Å². The molecule has 0 saturated heterocycles. The molecule has 12 nitrogen and oxygen atoms in total. The van der Waals surface area contributed by atoms with Crippen molar-refractivity contribution in [2.75, 3.05) is 34.5 Å². The quantitative estimate of drug-likeness (QED) is 0.0552. The first-order valence-electron chi connectivity index (χ1n) is 21.7. The van der Waals surface area contributed by atoms with Crippen LogP contribution < -0.4 is 21.3 Å².